The molecule has 0 aliphatic heterocycles. The van der Waals surface area contributed by atoms with Gasteiger partial charge in [-0.1, -0.05) is 23.9 Å². The number of aromatic amines is 1. The van der Waals surface area contributed by atoms with Gasteiger partial charge in [0.2, 0.25) is 5.91 Å². The molecule has 0 aliphatic carbocycles. The zero-order valence-electron chi connectivity index (χ0n) is 13.2. The number of imidazole rings is 1. The number of ether oxygens (including phenoxy) is 1. The van der Waals surface area contributed by atoms with Gasteiger partial charge in [-0.05, 0) is 31.2 Å². The third kappa shape index (κ3) is 3.51. The molecule has 1 amide bonds. The van der Waals surface area contributed by atoms with Crippen molar-refractivity contribution in [1.29, 1.82) is 0 Å². The third-order valence-electron chi connectivity index (χ3n) is 3.46. The number of benzene rings is 2. The topological polar surface area (TPSA) is 67.0 Å². The molecule has 3 aromatic rings. The number of H-pyrrole nitrogens is 1. The number of thioether (sulfide) groups is 1. The smallest absolute Gasteiger partial charge is 0.237 e. The van der Waals surface area contributed by atoms with Crippen LogP contribution in [-0.4, -0.2) is 28.2 Å². The van der Waals surface area contributed by atoms with Crippen molar-refractivity contribution in [3.63, 3.8) is 0 Å². The third-order valence-corrected chi connectivity index (χ3v) is 4.44. The predicted octanol–water partition coefficient (Wildman–Crippen LogP) is 3.83. The lowest BCUT2D eigenvalue weighted by atomic mass is 10.3. The highest BCUT2D eigenvalue weighted by Gasteiger charge is 2.18. The summed E-state index contributed by atoms with van der Waals surface area (Å²) in [6.07, 6.45) is 0. The molecule has 1 aromatic heterocycles. The Morgan fingerprint density at radius 2 is 2.12 bits per heavy atom. The number of carbonyl (C=O) groups excluding carboxylic acids is 1. The minimum Gasteiger partial charge on any atom is -0.497 e. The maximum atomic E-state index is 13.6. The van der Waals surface area contributed by atoms with Gasteiger partial charge in [0.15, 0.2) is 5.16 Å². The number of aromatic nitrogens is 2. The Morgan fingerprint density at radius 1 is 1.33 bits per heavy atom. The van der Waals surface area contributed by atoms with E-state index in [2.05, 4.69) is 15.3 Å². The molecular formula is C17H16FN3O2S. The molecule has 3 rings (SSSR count). The van der Waals surface area contributed by atoms with Crippen molar-refractivity contribution in [2.24, 2.45) is 0 Å². The number of fused-ring (bicyclic) bond motifs is 1. The fourth-order valence-electron chi connectivity index (χ4n) is 2.17. The van der Waals surface area contributed by atoms with Crippen molar-refractivity contribution in [3.05, 3.63) is 48.3 Å². The first-order valence-corrected chi connectivity index (χ1v) is 8.20. The van der Waals surface area contributed by atoms with Gasteiger partial charge in [0.1, 0.15) is 11.6 Å². The maximum absolute atomic E-state index is 13.6. The normalized spacial score (nSPS) is 12.1. The Kier molecular flexibility index (Phi) is 4.71. The van der Waals surface area contributed by atoms with E-state index in [4.69, 9.17) is 4.74 Å². The van der Waals surface area contributed by atoms with E-state index in [1.807, 2.05) is 18.2 Å². The molecule has 24 heavy (non-hydrogen) atoms. The fraction of sp³-hybridized carbons (Fsp3) is 0.176. The highest BCUT2D eigenvalue weighted by atomic mass is 32.2. The number of halogens is 1. The number of para-hydroxylation sites is 1. The van der Waals surface area contributed by atoms with E-state index < -0.39 is 11.1 Å². The van der Waals surface area contributed by atoms with Gasteiger partial charge < -0.3 is 15.0 Å². The SMILES string of the molecule is COc1ccc2nc(S[C@H](C)C(=O)Nc3ccccc3F)[nH]c2c1. The summed E-state index contributed by atoms with van der Waals surface area (Å²) in [6.45, 7) is 1.74. The van der Waals surface area contributed by atoms with E-state index in [-0.39, 0.29) is 11.6 Å². The van der Waals surface area contributed by atoms with E-state index in [9.17, 15) is 9.18 Å². The molecule has 0 spiro atoms. The Labute approximate surface area is 142 Å². The average Bonchev–Trinajstić information content (AvgIpc) is 2.97. The summed E-state index contributed by atoms with van der Waals surface area (Å²) in [5.41, 5.74) is 1.79. The Balaban J connectivity index is 1.71. The number of amides is 1. The number of hydrogen-bond acceptors (Lipinski definition) is 4. The maximum Gasteiger partial charge on any atom is 0.237 e. The van der Waals surface area contributed by atoms with E-state index in [0.717, 1.165) is 16.8 Å². The van der Waals surface area contributed by atoms with Crippen molar-refractivity contribution in [3.8, 4) is 5.75 Å². The van der Waals surface area contributed by atoms with Crippen LogP contribution in [0, 0.1) is 5.82 Å². The minimum absolute atomic E-state index is 0.171. The Morgan fingerprint density at radius 3 is 2.88 bits per heavy atom. The summed E-state index contributed by atoms with van der Waals surface area (Å²) in [5, 5.41) is 2.77. The molecule has 0 fully saturated rings. The van der Waals surface area contributed by atoms with Gasteiger partial charge in [-0.15, -0.1) is 0 Å². The number of methoxy groups -OCH3 is 1. The lowest BCUT2D eigenvalue weighted by Crippen LogP contribution is -2.23. The molecule has 124 valence electrons. The summed E-state index contributed by atoms with van der Waals surface area (Å²) in [7, 11) is 1.60. The van der Waals surface area contributed by atoms with Crippen molar-refractivity contribution >= 4 is 34.4 Å². The van der Waals surface area contributed by atoms with E-state index in [1.165, 1.54) is 23.9 Å². The van der Waals surface area contributed by atoms with Crippen LogP contribution in [-0.2, 0) is 4.79 Å². The molecule has 2 N–H and O–H groups in total. The van der Waals surface area contributed by atoms with Crippen molar-refractivity contribution in [2.75, 3.05) is 12.4 Å². The van der Waals surface area contributed by atoms with Crippen LogP contribution < -0.4 is 10.1 Å². The van der Waals surface area contributed by atoms with Gasteiger partial charge in [-0.25, -0.2) is 9.37 Å². The monoisotopic (exact) mass is 345 g/mol. The van der Waals surface area contributed by atoms with E-state index in [0.29, 0.717) is 5.16 Å². The second-order valence-electron chi connectivity index (χ2n) is 5.15. The molecular weight excluding hydrogens is 329 g/mol. The number of rotatable bonds is 5. The summed E-state index contributed by atoms with van der Waals surface area (Å²) < 4.78 is 18.8. The first-order chi connectivity index (χ1) is 11.6. The standard InChI is InChI=1S/C17H16FN3O2S/c1-10(16(22)19-13-6-4-3-5-12(13)18)24-17-20-14-8-7-11(23-2)9-15(14)21-17/h3-10H,1-2H3,(H,19,22)(H,20,21)/t10-/m1/s1. The van der Waals surface area contributed by atoms with Crippen LogP contribution in [0.25, 0.3) is 11.0 Å². The molecule has 0 bridgehead atoms. The van der Waals surface area contributed by atoms with Crippen LogP contribution in [0.3, 0.4) is 0 Å². The van der Waals surface area contributed by atoms with Crippen LogP contribution in [0.1, 0.15) is 6.92 Å². The molecule has 1 atom stereocenters. The van der Waals surface area contributed by atoms with Crippen LogP contribution in [0.4, 0.5) is 10.1 Å². The Bertz CT molecular complexity index is 881. The van der Waals surface area contributed by atoms with Crippen LogP contribution in [0.2, 0.25) is 0 Å². The molecule has 1 heterocycles. The summed E-state index contributed by atoms with van der Waals surface area (Å²) in [5.74, 6) is -0.0185. The van der Waals surface area contributed by atoms with E-state index >= 15 is 0 Å². The lowest BCUT2D eigenvalue weighted by molar-refractivity contribution is -0.115. The van der Waals surface area contributed by atoms with Crippen LogP contribution in [0.15, 0.2) is 47.6 Å². The molecule has 0 unspecified atom stereocenters. The van der Waals surface area contributed by atoms with Crippen molar-refractivity contribution < 1.29 is 13.9 Å². The molecule has 0 radical (unpaired) electrons. The number of nitrogens with one attached hydrogen (secondary N) is 2. The quantitative estimate of drug-likeness (QED) is 0.690. The largest absolute Gasteiger partial charge is 0.497 e. The van der Waals surface area contributed by atoms with Crippen LogP contribution in [0.5, 0.6) is 5.75 Å². The van der Waals surface area contributed by atoms with Gasteiger partial charge in [0, 0.05) is 6.07 Å². The highest BCUT2D eigenvalue weighted by Crippen LogP contribution is 2.26. The van der Waals surface area contributed by atoms with E-state index in [1.54, 1.807) is 26.2 Å². The van der Waals surface area contributed by atoms with Crippen molar-refractivity contribution in [1.82, 2.24) is 9.97 Å². The summed E-state index contributed by atoms with van der Waals surface area (Å²) in [6, 6.07) is 11.6. The number of anilines is 1. The van der Waals surface area contributed by atoms with Gasteiger partial charge in [-0.3, -0.25) is 4.79 Å². The van der Waals surface area contributed by atoms with Gasteiger partial charge in [0.05, 0.1) is 29.1 Å². The zero-order valence-corrected chi connectivity index (χ0v) is 14.0. The molecule has 7 heteroatoms. The second kappa shape index (κ2) is 6.92. The second-order valence-corrected chi connectivity index (χ2v) is 6.48. The number of carbonyl (C=O) groups is 1. The molecule has 0 aliphatic rings. The minimum atomic E-state index is -0.459. The average molecular weight is 345 g/mol. The summed E-state index contributed by atoms with van der Waals surface area (Å²) in [4.78, 5) is 19.8. The molecule has 0 saturated heterocycles. The fourth-order valence-corrected chi connectivity index (χ4v) is 2.99. The first kappa shape index (κ1) is 16.3. The Hall–Kier alpha value is -2.54. The predicted molar refractivity (Wildman–Crippen MR) is 93.0 cm³/mol. The molecule has 0 saturated carbocycles. The first-order valence-electron chi connectivity index (χ1n) is 7.32. The zero-order chi connectivity index (χ0) is 17.1. The number of hydrogen-bond donors (Lipinski definition) is 2. The number of nitrogens with zero attached hydrogens (tertiary/aromatic N) is 1. The van der Waals surface area contributed by atoms with Gasteiger partial charge >= 0.3 is 0 Å². The van der Waals surface area contributed by atoms with Gasteiger partial charge in [0.25, 0.3) is 0 Å². The highest BCUT2D eigenvalue weighted by molar-refractivity contribution is 8.00. The van der Waals surface area contributed by atoms with Gasteiger partial charge in [-0.2, -0.15) is 0 Å². The summed E-state index contributed by atoms with van der Waals surface area (Å²) >= 11 is 1.27. The molecule has 2 aromatic carbocycles. The lowest BCUT2D eigenvalue weighted by Gasteiger charge is -2.10. The van der Waals surface area contributed by atoms with Crippen molar-refractivity contribution in [2.45, 2.75) is 17.3 Å². The molecule has 5 nitrogen and oxygen atoms in total. The van der Waals surface area contributed by atoms with Crippen LogP contribution >= 0.6 is 11.8 Å².